The average Bonchev–Trinajstić information content (AvgIpc) is 3.22. The number of hydrogen-bond donors (Lipinski definition) is 0. The summed E-state index contributed by atoms with van der Waals surface area (Å²) in [5, 5.41) is 0. The second kappa shape index (κ2) is 11.7. The van der Waals surface area contributed by atoms with Crippen LogP contribution in [0.15, 0.2) is 60.7 Å². The van der Waals surface area contributed by atoms with Gasteiger partial charge >= 0.3 is 25.8 Å². The molecule has 0 radical (unpaired) electrons. The Labute approximate surface area is 188 Å². The molecule has 0 aromatic heterocycles. The van der Waals surface area contributed by atoms with Crippen LogP contribution < -0.4 is 29.6 Å². The van der Waals surface area contributed by atoms with E-state index in [1.807, 2.05) is 12.1 Å². The fraction of sp³-hybridized carbons (Fsp3) is 0.227. The van der Waals surface area contributed by atoms with Crippen molar-refractivity contribution in [1.82, 2.24) is 0 Å². The smallest absolute Gasteiger partial charge is 1.00 e. The average molecular weight is 552 g/mol. The van der Waals surface area contributed by atoms with Gasteiger partial charge in [0, 0.05) is 5.75 Å². The van der Waals surface area contributed by atoms with Gasteiger partial charge in [-0.05, 0) is 17.9 Å². The third-order valence-electron chi connectivity index (χ3n) is 4.27. The molecule has 4 rings (SSSR count). The first-order chi connectivity index (χ1) is 11.2. The predicted molar refractivity (Wildman–Crippen MR) is 96.2 cm³/mol. The predicted octanol–water partition coefficient (Wildman–Crippen LogP) is -0.399. The zero-order valence-corrected chi connectivity index (χ0v) is 20.3. The number of ether oxygens (including phenoxy) is 1. The number of rotatable bonds is 2. The summed E-state index contributed by atoms with van der Waals surface area (Å²) in [5.41, 5.74) is 6.56. The second-order valence-corrected chi connectivity index (χ2v) is 6.11. The summed E-state index contributed by atoms with van der Waals surface area (Å²) in [5.74, 6) is 1.64. The van der Waals surface area contributed by atoms with Crippen molar-refractivity contribution in [1.29, 1.82) is 0 Å². The minimum absolute atomic E-state index is 0. The summed E-state index contributed by atoms with van der Waals surface area (Å²) in [6.45, 7) is 4.41. The van der Waals surface area contributed by atoms with Gasteiger partial charge in [-0.2, -0.15) is 29.8 Å². The van der Waals surface area contributed by atoms with Crippen molar-refractivity contribution in [2.24, 2.45) is 0 Å². The van der Waals surface area contributed by atoms with Crippen molar-refractivity contribution in [2.75, 3.05) is 7.11 Å². The van der Waals surface area contributed by atoms with Crippen molar-refractivity contribution in [3.8, 4) is 16.9 Å². The van der Waals surface area contributed by atoms with Crippen molar-refractivity contribution in [3.63, 3.8) is 0 Å². The van der Waals surface area contributed by atoms with E-state index < -0.39 is 0 Å². The molecule has 3 aromatic carbocycles. The summed E-state index contributed by atoms with van der Waals surface area (Å²) in [7, 11) is 1.72. The molecular formula is C22H22Cl2HfO. The number of methoxy groups -OCH3 is 1. The van der Waals surface area contributed by atoms with Gasteiger partial charge in [-0.15, -0.1) is 11.6 Å². The molecule has 4 heteroatoms. The molecular weight excluding hydrogens is 530 g/mol. The number of benzene rings is 2. The third kappa shape index (κ3) is 5.52. The van der Waals surface area contributed by atoms with Crippen molar-refractivity contribution < 1.29 is 55.4 Å². The van der Waals surface area contributed by atoms with Crippen LogP contribution in [0.5, 0.6) is 5.75 Å². The number of halogens is 2. The molecule has 26 heavy (non-hydrogen) atoms. The Morgan fingerprint density at radius 1 is 1.04 bits per heavy atom. The molecule has 0 saturated heterocycles. The van der Waals surface area contributed by atoms with E-state index >= 15 is 0 Å². The Kier molecular flexibility index (Phi) is 11.3. The first-order valence-corrected chi connectivity index (χ1v) is 8.08. The molecule has 1 aliphatic rings. The largest absolute Gasteiger partial charge is 4.00 e. The zero-order chi connectivity index (χ0) is 16.2. The Hall–Kier alpha value is -0.960. The molecule has 1 nitrogen and oxygen atoms in total. The van der Waals surface area contributed by atoms with Gasteiger partial charge in [-0.25, -0.2) is 12.1 Å². The van der Waals surface area contributed by atoms with Crippen LogP contribution in [-0.2, 0) is 32.3 Å². The fourth-order valence-electron chi connectivity index (χ4n) is 3.01. The molecule has 0 unspecified atom stereocenters. The van der Waals surface area contributed by atoms with Crippen LogP contribution in [0.25, 0.3) is 11.1 Å². The van der Waals surface area contributed by atoms with E-state index in [1.165, 1.54) is 27.8 Å². The number of hydrogen-bond acceptors (Lipinski definition) is 1. The van der Waals surface area contributed by atoms with E-state index in [9.17, 15) is 0 Å². The normalized spacial score (nSPS) is 10.2. The minimum atomic E-state index is 0. The SMILES string of the molecule is CC(C)c1ccc[cH-]1.COc1cc[c-]c2c1-c1ccccc1C2.[Cl-].[Cl-].[Hf+4]. The zero-order valence-electron chi connectivity index (χ0n) is 15.2. The van der Waals surface area contributed by atoms with Gasteiger partial charge in [0.1, 0.15) is 0 Å². The third-order valence-corrected chi connectivity index (χ3v) is 4.27. The summed E-state index contributed by atoms with van der Waals surface area (Å²) in [6.07, 6.45) is 0.975. The molecule has 0 spiro atoms. The van der Waals surface area contributed by atoms with Crippen LogP contribution >= 0.6 is 0 Å². The van der Waals surface area contributed by atoms with Crippen LogP contribution in [0.4, 0.5) is 0 Å². The molecule has 0 saturated carbocycles. The molecule has 134 valence electrons. The summed E-state index contributed by atoms with van der Waals surface area (Å²) in [6, 6.07) is 24.1. The fourth-order valence-corrected chi connectivity index (χ4v) is 3.01. The van der Waals surface area contributed by atoms with Gasteiger partial charge in [0.2, 0.25) is 0 Å². The van der Waals surface area contributed by atoms with Crippen LogP contribution in [0, 0.1) is 6.07 Å². The number of fused-ring (bicyclic) bond motifs is 3. The van der Waals surface area contributed by atoms with Crippen molar-refractivity contribution >= 4 is 0 Å². The van der Waals surface area contributed by atoms with Crippen LogP contribution in [0.3, 0.4) is 0 Å². The van der Waals surface area contributed by atoms with Gasteiger partial charge in [0.25, 0.3) is 0 Å². The van der Waals surface area contributed by atoms with Gasteiger partial charge in [-0.3, -0.25) is 0 Å². The van der Waals surface area contributed by atoms with Crippen molar-refractivity contribution in [3.05, 3.63) is 83.4 Å². The quantitative estimate of drug-likeness (QED) is 0.244. The maximum absolute atomic E-state index is 5.39. The van der Waals surface area contributed by atoms with E-state index in [2.05, 4.69) is 68.4 Å². The first-order valence-electron chi connectivity index (χ1n) is 8.08. The Morgan fingerprint density at radius 3 is 2.35 bits per heavy atom. The molecule has 0 amide bonds. The van der Waals surface area contributed by atoms with Gasteiger partial charge in [0.05, 0.1) is 7.11 Å². The second-order valence-electron chi connectivity index (χ2n) is 6.11. The van der Waals surface area contributed by atoms with E-state index in [4.69, 9.17) is 4.74 Å². The van der Waals surface area contributed by atoms with E-state index in [0.717, 1.165) is 12.2 Å². The molecule has 3 aromatic rings. The topological polar surface area (TPSA) is 9.23 Å². The van der Waals surface area contributed by atoms with Crippen molar-refractivity contribution in [2.45, 2.75) is 26.2 Å². The summed E-state index contributed by atoms with van der Waals surface area (Å²) < 4.78 is 5.39. The standard InChI is InChI=1S/C14H11O.C8H11.2ClH.Hf/c1-15-13-8-4-6-11-9-10-5-2-3-7-12(10)14(11)13;1-7(2)8-5-3-4-6-8;;;/h2-5,7-8H,9H2,1H3;3-7H,1-2H3;2*1H;/q2*-1;;;+4/p-2. The molecule has 0 aliphatic heterocycles. The molecule has 0 atom stereocenters. The molecule has 0 N–H and O–H groups in total. The van der Waals surface area contributed by atoms with E-state index in [0.29, 0.717) is 5.92 Å². The van der Waals surface area contributed by atoms with Crippen LogP contribution in [0.2, 0.25) is 0 Å². The first kappa shape index (κ1) is 25.0. The van der Waals surface area contributed by atoms with Gasteiger partial charge < -0.3 is 29.6 Å². The maximum atomic E-state index is 5.39. The Balaban J connectivity index is 0.000000497. The van der Waals surface area contributed by atoms with Gasteiger partial charge in [0.15, 0.2) is 0 Å². The Morgan fingerprint density at radius 2 is 1.77 bits per heavy atom. The molecule has 1 aliphatic carbocycles. The molecule has 0 heterocycles. The van der Waals surface area contributed by atoms with Crippen LogP contribution in [0.1, 0.15) is 36.5 Å². The monoisotopic (exact) mass is 552 g/mol. The summed E-state index contributed by atoms with van der Waals surface area (Å²) >= 11 is 0. The molecule has 0 bridgehead atoms. The minimum Gasteiger partial charge on any atom is -1.00 e. The van der Waals surface area contributed by atoms with Crippen LogP contribution in [-0.4, -0.2) is 7.11 Å². The van der Waals surface area contributed by atoms with E-state index in [1.54, 1.807) is 7.11 Å². The molecule has 0 fully saturated rings. The maximum Gasteiger partial charge on any atom is 4.00 e. The van der Waals surface area contributed by atoms with E-state index in [-0.39, 0.29) is 50.7 Å². The summed E-state index contributed by atoms with van der Waals surface area (Å²) in [4.78, 5) is 0. The Bertz CT molecular complexity index is 783. The van der Waals surface area contributed by atoms with Gasteiger partial charge in [-0.1, -0.05) is 49.2 Å².